The van der Waals surface area contributed by atoms with E-state index in [9.17, 15) is 9.59 Å². The van der Waals surface area contributed by atoms with Gasteiger partial charge in [-0.05, 0) is 30.7 Å². The normalized spacial score (nSPS) is 17.2. The monoisotopic (exact) mass is 334 g/mol. The van der Waals surface area contributed by atoms with Crippen molar-refractivity contribution in [1.29, 1.82) is 0 Å². The smallest absolute Gasteiger partial charge is 0.229 e. The second kappa shape index (κ2) is 6.05. The second-order valence-electron chi connectivity index (χ2n) is 6.30. The van der Waals surface area contributed by atoms with Crippen LogP contribution in [0.2, 0.25) is 0 Å². The molecule has 3 aromatic rings. The van der Waals surface area contributed by atoms with Gasteiger partial charge in [-0.15, -0.1) is 0 Å². The molecular weight excluding hydrogens is 316 g/mol. The van der Waals surface area contributed by atoms with E-state index in [0.29, 0.717) is 12.4 Å². The van der Waals surface area contributed by atoms with Gasteiger partial charge >= 0.3 is 0 Å². The van der Waals surface area contributed by atoms with Crippen LogP contribution in [0, 0.1) is 12.8 Å². The number of nitrogens with one attached hydrogen (secondary N) is 2. The molecule has 1 unspecified atom stereocenters. The van der Waals surface area contributed by atoms with Crippen LogP contribution in [0.5, 0.6) is 0 Å². The summed E-state index contributed by atoms with van der Waals surface area (Å²) in [5.74, 6) is -0.0125. The van der Waals surface area contributed by atoms with Crippen molar-refractivity contribution >= 4 is 34.2 Å². The number of hydrogen-bond acceptors (Lipinski definition) is 3. The van der Waals surface area contributed by atoms with Gasteiger partial charge in [0.15, 0.2) is 5.82 Å². The van der Waals surface area contributed by atoms with Crippen LogP contribution in [0.1, 0.15) is 12.0 Å². The lowest BCUT2D eigenvalue weighted by Crippen LogP contribution is -2.28. The zero-order valence-corrected chi connectivity index (χ0v) is 13.8. The van der Waals surface area contributed by atoms with Gasteiger partial charge in [-0.3, -0.25) is 19.6 Å². The molecule has 1 saturated heterocycles. The van der Waals surface area contributed by atoms with E-state index in [1.807, 2.05) is 55.5 Å². The Kier molecular flexibility index (Phi) is 3.72. The van der Waals surface area contributed by atoms with Crippen LogP contribution in [0.25, 0.3) is 10.9 Å². The summed E-state index contributed by atoms with van der Waals surface area (Å²) in [6.45, 7) is 2.28. The van der Waals surface area contributed by atoms with Crippen molar-refractivity contribution in [3.8, 4) is 0 Å². The topological polar surface area (TPSA) is 78.1 Å². The SMILES string of the molecule is Cc1ccccc1NC(=O)C1CC(=O)N(c2n[nH]c3ccccc23)C1. The Balaban J connectivity index is 1.54. The zero-order valence-electron chi connectivity index (χ0n) is 13.8. The number of fused-ring (bicyclic) bond motifs is 1. The van der Waals surface area contributed by atoms with Crippen LogP contribution >= 0.6 is 0 Å². The summed E-state index contributed by atoms with van der Waals surface area (Å²) in [7, 11) is 0. The molecule has 1 aliphatic rings. The van der Waals surface area contributed by atoms with Gasteiger partial charge in [-0.1, -0.05) is 30.3 Å². The lowest BCUT2D eigenvalue weighted by Gasteiger charge is -2.15. The number of benzene rings is 2. The van der Waals surface area contributed by atoms with Crippen LogP contribution in [0.3, 0.4) is 0 Å². The molecule has 2 aromatic carbocycles. The number of aryl methyl sites for hydroxylation is 1. The first kappa shape index (κ1) is 15.4. The van der Waals surface area contributed by atoms with Gasteiger partial charge in [0.1, 0.15) is 0 Å². The molecule has 0 bridgehead atoms. The summed E-state index contributed by atoms with van der Waals surface area (Å²) >= 11 is 0. The van der Waals surface area contributed by atoms with Crippen molar-refractivity contribution in [2.24, 2.45) is 5.92 Å². The number of hydrogen-bond donors (Lipinski definition) is 2. The highest BCUT2D eigenvalue weighted by atomic mass is 16.2. The highest BCUT2D eigenvalue weighted by Crippen LogP contribution is 2.30. The molecule has 0 saturated carbocycles. The molecule has 0 spiro atoms. The third kappa shape index (κ3) is 2.76. The van der Waals surface area contributed by atoms with Crippen molar-refractivity contribution < 1.29 is 9.59 Å². The molecule has 2 amide bonds. The van der Waals surface area contributed by atoms with Crippen molar-refractivity contribution in [1.82, 2.24) is 10.2 Å². The Labute approximate surface area is 144 Å². The number of H-pyrrole nitrogens is 1. The highest BCUT2D eigenvalue weighted by Gasteiger charge is 2.36. The molecular formula is C19H18N4O2. The number of aromatic amines is 1. The van der Waals surface area contributed by atoms with Crippen LogP contribution in [0.15, 0.2) is 48.5 Å². The minimum atomic E-state index is -0.387. The predicted molar refractivity (Wildman–Crippen MR) is 96.4 cm³/mol. The highest BCUT2D eigenvalue weighted by molar-refractivity contribution is 6.07. The molecule has 2 heterocycles. The van der Waals surface area contributed by atoms with Crippen LogP contribution in [0.4, 0.5) is 11.5 Å². The number of amides is 2. The van der Waals surface area contributed by atoms with Gasteiger partial charge in [0, 0.05) is 24.0 Å². The molecule has 126 valence electrons. The molecule has 1 atom stereocenters. The Morgan fingerprint density at radius 3 is 2.80 bits per heavy atom. The largest absolute Gasteiger partial charge is 0.326 e. The molecule has 1 fully saturated rings. The Morgan fingerprint density at radius 1 is 1.20 bits per heavy atom. The van der Waals surface area contributed by atoms with E-state index in [1.54, 1.807) is 4.90 Å². The first-order chi connectivity index (χ1) is 12.1. The van der Waals surface area contributed by atoms with Gasteiger partial charge in [0.25, 0.3) is 0 Å². The molecule has 0 aliphatic carbocycles. The number of rotatable bonds is 3. The average molecular weight is 334 g/mol. The molecule has 6 nitrogen and oxygen atoms in total. The fourth-order valence-corrected chi connectivity index (χ4v) is 3.19. The number of carbonyl (C=O) groups excluding carboxylic acids is 2. The van der Waals surface area contributed by atoms with E-state index in [-0.39, 0.29) is 24.2 Å². The Bertz CT molecular complexity index is 963. The summed E-state index contributed by atoms with van der Waals surface area (Å²) in [5, 5.41) is 11.0. The van der Waals surface area contributed by atoms with Crippen LogP contribution in [-0.4, -0.2) is 28.6 Å². The van der Waals surface area contributed by atoms with Gasteiger partial charge in [0.2, 0.25) is 11.8 Å². The Hall–Kier alpha value is -3.15. The average Bonchev–Trinajstić information content (AvgIpc) is 3.20. The van der Waals surface area contributed by atoms with Gasteiger partial charge in [-0.25, -0.2) is 0 Å². The lowest BCUT2D eigenvalue weighted by atomic mass is 10.1. The molecule has 0 radical (unpaired) electrons. The van der Waals surface area contributed by atoms with E-state index in [1.165, 1.54) is 0 Å². The molecule has 4 rings (SSSR count). The maximum Gasteiger partial charge on any atom is 0.229 e. The van der Waals surface area contributed by atoms with E-state index in [2.05, 4.69) is 15.5 Å². The Morgan fingerprint density at radius 2 is 1.96 bits per heavy atom. The number of para-hydroxylation sites is 2. The first-order valence-electron chi connectivity index (χ1n) is 8.23. The summed E-state index contributed by atoms with van der Waals surface area (Å²) in [4.78, 5) is 26.6. The number of nitrogens with zero attached hydrogens (tertiary/aromatic N) is 2. The lowest BCUT2D eigenvalue weighted by molar-refractivity contribution is -0.122. The van der Waals surface area contributed by atoms with Crippen molar-refractivity contribution in [2.75, 3.05) is 16.8 Å². The minimum absolute atomic E-state index is 0.0813. The maximum absolute atomic E-state index is 12.6. The first-order valence-corrected chi connectivity index (χ1v) is 8.23. The molecule has 25 heavy (non-hydrogen) atoms. The van der Waals surface area contributed by atoms with E-state index in [0.717, 1.165) is 22.2 Å². The standard InChI is InChI=1S/C19H18N4O2/c1-12-6-2-4-8-15(12)20-19(25)13-10-17(24)23(11-13)18-14-7-3-5-9-16(14)21-22-18/h2-9,13H,10-11H2,1H3,(H,20,25)(H,21,22). The van der Waals surface area contributed by atoms with Crippen molar-refractivity contribution in [3.05, 3.63) is 54.1 Å². The van der Waals surface area contributed by atoms with Gasteiger partial charge in [0.05, 0.1) is 11.4 Å². The van der Waals surface area contributed by atoms with E-state index in [4.69, 9.17) is 0 Å². The number of aromatic nitrogens is 2. The minimum Gasteiger partial charge on any atom is -0.326 e. The fraction of sp³-hybridized carbons (Fsp3) is 0.211. The number of anilines is 2. The van der Waals surface area contributed by atoms with Crippen molar-refractivity contribution in [2.45, 2.75) is 13.3 Å². The molecule has 1 aliphatic heterocycles. The predicted octanol–water partition coefficient (Wildman–Crippen LogP) is 2.86. The van der Waals surface area contributed by atoms with E-state index < -0.39 is 0 Å². The third-order valence-electron chi connectivity index (χ3n) is 4.60. The van der Waals surface area contributed by atoms with E-state index >= 15 is 0 Å². The van der Waals surface area contributed by atoms with Crippen molar-refractivity contribution in [3.63, 3.8) is 0 Å². The fourth-order valence-electron chi connectivity index (χ4n) is 3.19. The third-order valence-corrected chi connectivity index (χ3v) is 4.60. The quantitative estimate of drug-likeness (QED) is 0.773. The molecule has 1 aromatic heterocycles. The van der Waals surface area contributed by atoms with Gasteiger partial charge < -0.3 is 5.32 Å². The molecule has 2 N–H and O–H groups in total. The van der Waals surface area contributed by atoms with Crippen LogP contribution < -0.4 is 10.2 Å². The summed E-state index contributed by atoms with van der Waals surface area (Å²) in [6, 6.07) is 15.3. The van der Waals surface area contributed by atoms with Gasteiger partial charge in [-0.2, -0.15) is 5.10 Å². The second-order valence-corrected chi connectivity index (χ2v) is 6.30. The zero-order chi connectivity index (χ0) is 17.4. The molecule has 6 heteroatoms. The summed E-state index contributed by atoms with van der Waals surface area (Å²) < 4.78 is 0. The summed E-state index contributed by atoms with van der Waals surface area (Å²) in [6.07, 6.45) is 0.193. The number of carbonyl (C=O) groups is 2. The summed E-state index contributed by atoms with van der Waals surface area (Å²) in [5.41, 5.74) is 2.65. The maximum atomic E-state index is 12.6. The van der Waals surface area contributed by atoms with Crippen LogP contribution in [-0.2, 0) is 9.59 Å².